The van der Waals surface area contributed by atoms with Crippen LogP contribution in [0.4, 0.5) is 0 Å². The number of amides is 1. The monoisotopic (exact) mass is 478 g/mol. The second-order valence-electron chi connectivity index (χ2n) is 9.10. The van der Waals surface area contributed by atoms with Crippen LogP contribution < -0.4 is 9.47 Å². The van der Waals surface area contributed by atoms with Crippen LogP contribution in [-0.4, -0.2) is 66.0 Å². The molecule has 2 atom stereocenters. The first-order valence-electron chi connectivity index (χ1n) is 12.3. The van der Waals surface area contributed by atoms with Crippen molar-refractivity contribution in [2.45, 2.75) is 45.8 Å². The molecule has 7 heteroatoms. The topological polar surface area (TPSA) is 79.3 Å². The predicted octanol–water partition coefficient (Wildman–Crippen LogP) is 4.17. The van der Waals surface area contributed by atoms with Crippen LogP contribution in [0.1, 0.15) is 49.9 Å². The van der Waals surface area contributed by atoms with Gasteiger partial charge in [0, 0.05) is 18.5 Å². The number of ketones is 1. The van der Waals surface area contributed by atoms with Crippen molar-refractivity contribution in [1.29, 1.82) is 0 Å². The van der Waals surface area contributed by atoms with E-state index in [1.54, 1.807) is 30.2 Å². The molecule has 7 nitrogen and oxygen atoms in total. The van der Waals surface area contributed by atoms with Crippen LogP contribution in [0.25, 0.3) is 5.76 Å². The van der Waals surface area contributed by atoms with E-state index in [4.69, 9.17) is 9.47 Å². The third kappa shape index (κ3) is 4.91. The fourth-order valence-corrected chi connectivity index (χ4v) is 4.97. The number of hydrogen-bond acceptors (Lipinski definition) is 6. The zero-order valence-corrected chi connectivity index (χ0v) is 20.9. The molecule has 0 radical (unpaired) electrons. The van der Waals surface area contributed by atoms with E-state index < -0.39 is 17.7 Å². The first kappa shape index (κ1) is 24.8. The maximum absolute atomic E-state index is 13.3. The second-order valence-corrected chi connectivity index (χ2v) is 9.10. The number of benzene rings is 2. The number of nitrogens with zero attached hydrogens (tertiary/aromatic N) is 2. The molecule has 2 aliphatic rings. The van der Waals surface area contributed by atoms with Gasteiger partial charge in [0.15, 0.2) is 0 Å². The highest BCUT2D eigenvalue weighted by Gasteiger charge is 2.45. The summed E-state index contributed by atoms with van der Waals surface area (Å²) >= 11 is 0. The number of likely N-dealkylation sites (tertiary alicyclic amines) is 1. The van der Waals surface area contributed by atoms with Crippen LogP contribution in [0, 0.1) is 0 Å². The number of aliphatic hydroxyl groups excluding tert-OH is 1. The van der Waals surface area contributed by atoms with E-state index in [-0.39, 0.29) is 17.4 Å². The zero-order valence-electron chi connectivity index (χ0n) is 20.9. The molecule has 0 aliphatic carbocycles. The second kappa shape index (κ2) is 10.5. The standard InChI is InChI=1S/C28H34N2O5/c1-5-29(6-2)14-7-15-30-25(19-8-11-22(34-4)12-9-19)24(27(32)28(30)33)26(31)20-10-13-23-21(17-20)16-18(3)35-23/h8-13,17-18,25,31H,5-7,14-16H2,1-4H3/b26-24+/t18-,25+/m0/s1. The Labute approximate surface area is 206 Å². The molecule has 2 aliphatic heterocycles. The number of aliphatic hydroxyl groups is 1. The Bertz CT molecular complexity index is 1120. The summed E-state index contributed by atoms with van der Waals surface area (Å²) in [5.74, 6) is 0.0802. The van der Waals surface area contributed by atoms with Crippen molar-refractivity contribution in [3.63, 3.8) is 0 Å². The van der Waals surface area contributed by atoms with E-state index in [1.165, 1.54) is 0 Å². The fraction of sp³-hybridized carbons (Fsp3) is 0.429. The predicted molar refractivity (Wildman–Crippen MR) is 135 cm³/mol. The van der Waals surface area contributed by atoms with Gasteiger partial charge < -0.3 is 24.4 Å². The van der Waals surface area contributed by atoms with Crippen molar-refractivity contribution in [3.8, 4) is 11.5 Å². The van der Waals surface area contributed by atoms with Crippen LogP contribution >= 0.6 is 0 Å². The van der Waals surface area contributed by atoms with Crippen molar-refractivity contribution in [1.82, 2.24) is 9.80 Å². The first-order chi connectivity index (χ1) is 16.9. The first-order valence-corrected chi connectivity index (χ1v) is 12.3. The summed E-state index contributed by atoms with van der Waals surface area (Å²) in [4.78, 5) is 30.3. The Morgan fingerprint density at radius 3 is 2.51 bits per heavy atom. The molecule has 2 aromatic carbocycles. The smallest absolute Gasteiger partial charge is 0.295 e. The highest BCUT2D eigenvalue weighted by molar-refractivity contribution is 6.46. The molecule has 0 saturated carbocycles. The summed E-state index contributed by atoms with van der Waals surface area (Å²) < 4.78 is 11.1. The van der Waals surface area contributed by atoms with Crippen LogP contribution in [0.15, 0.2) is 48.0 Å². The Kier molecular flexibility index (Phi) is 7.45. The van der Waals surface area contributed by atoms with Gasteiger partial charge in [-0.1, -0.05) is 26.0 Å². The van der Waals surface area contributed by atoms with E-state index in [1.807, 2.05) is 31.2 Å². The van der Waals surface area contributed by atoms with Gasteiger partial charge in [0.2, 0.25) is 0 Å². The number of fused-ring (bicyclic) bond motifs is 1. The van der Waals surface area contributed by atoms with E-state index in [0.29, 0.717) is 17.9 Å². The van der Waals surface area contributed by atoms with Crippen molar-refractivity contribution in [3.05, 3.63) is 64.7 Å². The molecule has 2 aromatic rings. The molecule has 1 saturated heterocycles. The molecule has 0 aromatic heterocycles. The number of carbonyl (C=O) groups is 2. The van der Waals surface area contributed by atoms with Gasteiger partial charge >= 0.3 is 0 Å². The van der Waals surface area contributed by atoms with Crippen molar-refractivity contribution < 1.29 is 24.2 Å². The van der Waals surface area contributed by atoms with E-state index in [9.17, 15) is 14.7 Å². The van der Waals surface area contributed by atoms with Crippen LogP contribution in [-0.2, 0) is 16.0 Å². The summed E-state index contributed by atoms with van der Waals surface area (Å²) in [6, 6.07) is 12.0. The molecule has 35 heavy (non-hydrogen) atoms. The Hall–Kier alpha value is -3.32. The van der Waals surface area contributed by atoms with Crippen LogP contribution in [0.3, 0.4) is 0 Å². The molecule has 4 rings (SSSR count). The normalized spacial score (nSPS) is 20.9. The lowest BCUT2D eigenvalue weighted by atomic mass is 9.94. The largest absolute Gasteiger partial charge is 0.507 e. The van der Waals surface area contributed by atoms with Crippen molar-refractivity contribution in [2.24, 2.45) is 0 Å². The molecule has 1 amide bonds. The quantitative estimate of drug-likeness (QED) is 0.331. The van der Waals surface area contributed by atoms with Gasteiger partial charge in [-0.2, -0.15) is 0 Å². The Morgan fingerprint density at radius 1 is 1.14 bits per heavy atom. The van der Waals surface area contributed by atoms with Crippen molar-refractivity contribution in [2.75, 3.05) is 33.3 Å². The zero-order chi connectivity index (χ0) is 25.1. The number of methoxy groups -OCH3 is 1. The van der Waals surface area contributed by atoms with E-state index in [0.717, 1.165) is 49.4 Å². The molecule has 186 valence electrons. The molecule has 1 N–H and O–H groups in total. The van der Waals surface area contributed by atoms with Gasteiger partial charge in [0.1, 0.15) is 23.4 Å². The molecule has 0 bridgehead atoms. The lowest BCUT2D eigenvalue weighted by Gasteiger charge is -2.27. The summed E-state index contributed by atoms with van der Waals surface area (Å²) in [6.07, 6.45) is 1.53. The third-order valence-corrected chi connectivity index (χ3v) is 6.91. The van der Waals surface area contributed by atoms with Gasteiger partial charge in [-0.05, 0) is 74.4 Å². The SMILES string of the molecule is CCN(CC)CCCN1C(=O)C(=O)/C(=C(/O)c2ccc3c(c2)C[C@H](C)O3)[C@H]1c1ccc(OC)cc1. The highest BCUT2D eigenvalue weighted by Crippen LogP contribution is 2.41. The Morgan fingerprint density at radius 2 is 1.86 bits per heavy atom. The fourth-order valence-electron chi connectivity index (χ4n) is 4.97. The number of rotatable bonds is 9. The summed E-state index contributed by atoms with van der Waals surface area (Å²) in [5, 5.41) is 11.4. The molecule has 0 unspecified atom stereocenters. The van der Waals surface area contributed by atoms with E-state index >= 15 is 0 Å². The highest BCUT2D eigenvalue weighted by atomic mass is 16.5. The minimum absolute atomic E-state index is 0.0677. The lowest BCUT2D eigenvalue weighted by Crippen LogP contribution is -2.33. The van der Waals surface area contributed by atoms with Crippen molar-refractivity contribution >= 4 is 17.4 Å². The average molecular weight is 479 g/mol. The minimum Gasteiger partial charge on any atom is -0.507 e. The van der Waals surface area contributed by atoms with Gasteiger partial charge in [0.25, 0.3) is 11.7 Å². The van der Waals surface area contributed by atoms with Gasteiger partial charge in [-0.25, -0.2) is 0 Å². The lowest BCUT2D eigenvalue weighted by molar-refractivity contribution is -0.140. The number of hydrogen-bond donors (Lipinski definition) is 1. The van der Waals surface area contributed by atoms with Crippen LogP contribution in [0.2, 0.25) is 0 Å². The maximum atomic E-state index is 13.3. The van der Waals surface area contributed by atoms with Crippen LogP contribution in [0.5, 0.6) is 11.5 Å². The number of carbonyl (C=O) groups excluding carboxylic acids is 2. The molecular weight excluding hydrogens is 444 g/mol. The third-order valence-electron chi connectivity index (χ3n) is 6.91. The average Bonchev–Trinajstić information content (AvgIpc) is 3.37. The van der Waals surface area contributed by atoms with Gasteiger partial charge in [-0.3, -0.25) is 9.59 Å². The number of Topliss-reactive ketones (excluding diaryl/α,β-unsaturated/α-hetero) is 1. The molecule has 1 fully saturated rings. The molecule has 2 heterocycles. The molecule has 0 spiro atoms. The number of ether oxygens (including phenoxy) is 2. The summed E-state index contributed by atoms with van der Waals surface area (Å²) in [5.41, 5.74) is 2.37. The van der Waals surface area contributed by atoms with E-state index in [2.05, 4.69) is 18.7 Å². The minimum atomic E-state index is -0.666. The molecular formula is C28H34N2O5. The summed E-state index contributed by atoms with van der Waals surface area (Å²) in [6.45, 7) is 9.31. The van der Waals surface area contributed by atoms with Gasteiger partial charge in [-0.15, -0.1) is 0 Å². The Balaban J connectivity index is 1.73. The van der Waals surface area contributed by atoms with Gasteiger partial charge in [0.05, 0.1) is 18.7 Å². The summed E-state index contributed by atoms with van der Waals surface area (Å²) in [7, 11) is 1.59. The maximum Gasteiger partial charge on any atom is 0.295 e.